The molecule has 0 saturated carbocycles. The SMILES string of the molecule is CCCCC(NC)(C(C)=O)c1ccccc1Cl. The van der Waals surface area contributed by atoms with Crippen molar-refractivity contribution >= 4 is 17.4 Å². The molecule has 0 fully saturated rings. The van der Waals surface area contributed by atoms with Crippen LogP contribution in [0.2, 0.25) is 5.02 Å². The Morgan fingerprint density at radius 3 is 2.53 bits per heavy atom. The predicted octanol–water partition coefficient (Wildman–Crippen LogP) is 3.53. The predicted molar refractivity (Wildman–Crippen MR) is 72.4 cm³/mol. The Labute approximate surface area is 108 Å². The molecule has 1 unspecified atom stereocenters. The number of likely N-dealkylation sites (N-methyl/N-ethyl adjacent to an activating group) is 1. The van der Waals surface area contributed by atoms with Gasteiger partial charge in [0.25, 0.3) is 0 Å². The van der Waals surface area contributed by atoms with Gasteiger partial charge in [0, 0.05) is 5.02 Å². The van der Waals surface area contributed by atoms with Crippen molar-refractivity contribution in [1.82, 2.24) is 5.32 Å². The normalized spacial score (nSPS) is 14.4. The Balaban J connectivity index is 3.22. The fraction of sp³-hybridized carbons (Fsp3) is 0.500. The summed E-state index contributed by atoms with van der Waals surface area (Å²) in [5.41, 5.74) is 0.235. The van der Waals surface area contributed by atoms with Gasteiger partial charge in [0.05, 0.1) is 0 Å². The third-order valence-corrected chi connectivity index (χ3v) is 3.60. The van der Waals surface area contributed by atoms with Gasteiger partial charge in [-0.2, -0.15) is 0 Å². The van der Waals surface area contributed by atoms with Gasteiger partial charge in [-0.3, -0.25) is 4.79 Å². The summed E-state index contributed by atoms with van der Waals surface area (Å²) in [5.74, 6) is 0.113. The molecule has 1 atom stereocenters. The minimum atomic E-state index is -0.644. The highest BCUT2D eigenvalue weighted by Gasteiger charge is 2.36. The molecule has 1 rings (SSSR count). The lowest BCUT2D eigenvalue weighted by atomic mass is 9.82. The van der Waals surface area contributed by atoms with Crippen LogP contribution < -0.4 is 5.32 Å². The first-order valence-electron chi connectivity index (χ1n) is 6.03. The molecule has 1 aromatic rings. The first kappa shape index (κ1) is 14.2. The molecule has 94 valence electrons. The third-order valence-electron chi connectivity index (χ3n) is 3.27. The number of unbranched alkanes of at least 4 members (excludes halogenated alkanes) is 1. The van der Waals surface area contributed by atoms with Crippen LogP contribution in [-0.4, -0.2) is 12.8 Å². The van der Waals surface area contributed by atoms with Crippen molar-refractivity contribution in [2.45, 2.75) is 38.6 Å². The maximum atomic E-state index is 12.0. The van der Waals surface area contributed by atoms with Crippen LogP contribution in [0.15, 0.2) is 24.3 Å². The third kappa shape index (κ3) is 2.88. The molecule has 1 N–H and O–H groups in total. The Kier molecular flexibility index (Phi) is 5.16. The van der Waals surface area contributed by atoms with E-state index >= 15 is 0 Å². The number of rotatable bonds is 6. The molecule has 0 heterocycles. The van der Waals surface area contributed by atoms with Gasteiger partial charge in [-0.25, -0.2) is 0 Å². The number of benzene rings is 1. The molecular formula is C14H20ClNO. The van der Waals surface area contributed by atoms with Gasteiger partial charge in [-0.15, -0.1) is 0 Å². The zero-order chi connectivity index (χ0) is 12.9. The highest BCUT2D eigenvalue weighted by atomic mass is 35.5. The summed E-state index contributed by atoms with van der Waals surface area (Å²) in [4.78, 5) is 12.0. The molecule has 1 aromatic carbocycles. The van der Waals surface area contributed by atoms with E-state index in [1.54, 1.807) is 6.92 Å². The standard InChI is InChI=1S/C14H20ClNO/c1-4-5-10-14(16-3,11(2)17)12-8-6-7-9-13(12)15/h6-9,16H,4-5,10H2,1-3H3. The van der Waals surface area contributed by atoms with Crippen LogP contribution >= 0.6 is 11.6 Å². The second-order valence-electron chi connectivity index (χ2n) is 4.29. The van der Waals surface area contributed by atoms with E-state index in [4.69, 9.17) is 11.6 Å². The molecule has 0 radical (unpaired) electrons. The smallest absolute Gasteiger partial charge is 0.154 e. The van der Waals surface area contributed by atoms with Crippen molar-refractivity contribution in [3.05, 3.63) is 34.9 Å². The largest absolute Gasteiger partial charge is 0.304 e. The fourth-order valence-corrected chi connectivity index (χ4v) is 2.48. The summed E-state index contributed by atoms with van der Waals surface area (Å²) in [7, 11) is 1.82. The summed E-state index contributed by atoms with van der Waals surface area (Å²) >= 11 is 6.22. The van der Waals surface area contributed by atoms with E-state index in [0.29, 0.717) is 5.02 Å². The van der Waals surface area contributed by atoms with Crippen LogP contribution in [0.3, 0.4) is 0 Å². The number of ketones is 1. The van der Waals surface area contributed by atoms with Crippen LogP contribution in [0.4, 0.5) is 0 Å². The molecular weight excluding hydrogens is 234 g/mol. The number of carbonyl (C=O) groups is 1. The fourth-order valence-electron chi connectivity index (χ4n) is 2.19. The van der Waals surface area contributed by atoms with Gasteiger partial charge in [0.15, 0.2) is 5.78 Å². The summed E-state index contributed by atoms with van der Waals surface area (Å²) in [6, 6.07) is 7.56. The van der Waals surface area contributed by atoms with Gasteiger partial charge in [-0.1, -0.05) is 49.6 Å². The average Bonchev–Trinajstić information content (AvgIpc) is 2.32. The van der Waals surface area contributed by atoms with E-state index in [1.807, 2.05) is 31.3 Å². The lowest BCUT2D eigenvalue weighted by Gasteiger charge is -2.32. The number of carbonyl (C=O) groups excluding carboxylic acids is 1. The van der Waals surface area contributed by atoms with Crippen molar-refractivity contribution in [1.29, 1.82) is 0 Å². The number of halogens is 1. The molecule has 0 aliphatic rings. The zero-order valence-corrected chi connectivity index (χ0v) is 11.5. The summed E-state index contributed by atoms with van der Waals surface area (Å²) in [5, 5.41) is 3.82. The topological polar surface area (TPSA) is 29.1 Å². The first-order chi connectivity index (χ1) is 8.08. The monoisotopic (exact) mass is 253 g/mol. The molecule has 0 aliphatic heterocycles. The minimum Gasteiger partial charge on any atom is -0.304 e. The second-order valence-corrected chi connectivity index (χ2v) is 4.70. The number of hydrogen-bond acceptors (Lipinski definition) is 2. The van der Waals surface area contributed by atoms with Gasteiger partial charge >= 0.3 is 0 Å². The number of Topliss-reactive ketones (excluding diaryl/α,β-unsaturated/α-hetero) is 1. The highest BCUT2D eigenvalue weighted by molar-refractivity contribution is 6.31. The molecule has 0 aromatic heterocycles. The maximum absolute atomic E-state index is 12.0. The van der Waals surface area contributed by atoms with Crippen LogP contribution in [0.1, 0.15) is 38.7 Å². The summed E-state index contributed by atoms with van der Waals surface area (Å²) in [6.45, 7) is 3.74. The van der Waals surface area contributed by atoms with E-state index in [2.05, 4.69) is 12.2 Å². The van der Waals surface area contributed by atoms with E-state index in [-0.39, 0.29) is 5.78 Å². The van der Waals surface area contributed by atoms with Crippen LogP contribution in [-0.2, 0) is 10.3 Å². The van der Waals surface area contributed by atoms with Gasteiger partial charge < -0.3 is 5.32 Å². The average molecular weight is 254 g/mol. The zero-order valence-electron chi connectivity index (χ0n) is 10.7. The van der Waals surface area contributed by atoms with Crippen molar-refractivity contribution in [3.63, 3.8) is 0 Å². The van der Waals surface area contributed by atoms with E-state index in [9.17, 15) is 4.79 Å². The van der Waals surface area contributed by atoms with E-state index < -0.39 is 5.54 Å². The van der Waals surface area contributed by atoms with E-state index in [1.165, 1.54) is 0 Å². The lowest BCUT2D eigenvalue weighted by molar-refractivity contribution is -0.123. The summed E-state index contributed by atoms with van der Waals surface area (Å²) < 4.78 is 0. The highest BCUT2D eigenvalue weighted by Crippen LogP contribution is 2.33. The Morgan fingerprint density at radius 2 is 2.06 bits per heavy atom. The van der Waals surface area contributed by atoms with Crippen molar-refractivity contribution < 1.29 is 4.79 Å². The summed E-state index contributed by atoms with van der Waals surface area (Å²) in [6.07, 6.45) is 2.83. The maximum Gasteiger partial charge on any atom is 0.154 e. The first-order valence-corrected chi connectivity index (χ1v) is 6.41. The number of hydrogen-bond donors (Lipinski definition) is 1. The molecule has 0 bridgehead atoms. The Hall–Kier alpha value is -0.860. The molecule has 3 heteroatoms. The van der Waals surface area contributed by atoms with Crippen molar-refractivity contribution in [2.24, 2.45) is 0 Å². The molecule has 0 saturated heterocycles. The molecule has 17 heavy (non-hydrogen) atoms. The van der Waals surface area contributed by atoms with Crippen LogP contribution in [0, 0.1) is 0 Å². The van der Waals surface area contributed by atoms with Gasteiger partial charge in [0.2, 0.25) is 0 Å². The Morgan fingerprint density at radius 1 is 1.41 bits per heavy atom. The molecule has 0 spiro atoms. The van der Waals surface area contributed by atoms with Crippen molar-refractivity contribution in [2.75, 3.05) is 7.05 Å². The number of nitrogens with one attached hydrogen (secondary N) is 1. The second kappa shape index (κ2) is 6.18. The van der Waals surface area contributed by atoms with Crippen molar-refractivity contribution in [3.8, 4) is 0 Å². The minimum absolute atomic E-state index is 0.113. The quantitative estimate of drug-likeness (QED) is 0.840. The van der Waals surface area contributed by atoms with Gasteiger partial charge in [-0.05, 0) is 32.0 Å². The molecule has 0 amide bonds. The molecule has 0 aliphatic carbocycles. The Bertz CT molecular complexity index is 392. The van der Waals surface area contributed by atoms with E-state index in [0.717, 1.165) is 24.8 Å². The van der Waals surface area contributed by atoms with Crippen LogP contribution in [0.5, 0.6) is 0 Å². The molecule has 2 nitrogen and oxygen atoms in total. The van der Waals surface area contributed by atoms with Crippen LogP contribution in [0.25, 0.3) is 0 Å². The van der Waals surface area contributed by atoms with Gasteiger partial charge in [0.1, 0.15) is 5.54 Å². The lowest BCUT2D eigenvalue weighted by Crippen LogP contribution is -2.46.